The Bertz CT molecular complexity index is 502. The molecule has 0 aliphatic carbocycles. The number of nitrogens with two attached hydrogens (primary N) is 1. The highest BCUT2D eigenvalue weighted by atomic mass is 32.2. The molecule has 0 saturated carbocycles. The maximum absolute atomic E-state index is 7.25. The van der Waals surface area contributed by atoms with E-state index in [2.05, 4.69) is 9.97 Å². The fourth-order valence-electron chi connectivity index (χ4n) is 1.14. The van der Waals surface area contributed by atoms with Crippen LogP contribution >= 0.6 is 11.8 Å². The van der Waals surface area contributed by atoms with Crippen LogP contribution in [0.15, 0.2) is 40.9 Å². The first kappa shape index (κ1) is 10.7. The van der Waals surface area contributed by atoms with Crippen LogP contribution in [0, 0.1) is 5.41 Å². The molecule has 2 heterocycles. The van der Waals surface area contributed by atoms with Crippen molar-refractivity contribution < 1.29 is 0 Å². The molecule has 2 aromatic heterocycles. The molecule has 0 saturated heterocycles. The van der Waals surface area contributed by atoms with E-state index in [1.165, 1.54) is 11.8 Å². The molecule has 0 amide bonds. The van der Waals surface area contributed by atoms with Crippen molar-refractivity contribution in [3.8, 4) is 0 Å². The summed E-state index contributed by atoms with van der Waals surface area (Å²) in [5.74, 6) is 0.0287. The summed E-state index contributed by atoms with van der Waals surface area (Å²) >= 11 is 1.47. The zero-order valence-electron chi connectivity index (χ0n) is 8.71. The number of hydrogen-bond donors (Lipinski definition) is 2. The smallest absolute Gasteiger partial charge is 0.174 e. The van der Waals surface area contributed by atoms with E-state index in [0.29, 0.717) is 5.56 Å². The molecule has 0 radical (unpaired) electrons. The maximum Gasteiger partial charge on any atom is 0.174 e. The Morgan fingerprint density at radius 1 is 1.44 bits per heavy atom. The van der Waals surface area contributed by atoms with E-state index in [4.69, 9.17) is 11.1 Å². The number of pyridine rings is 1. The molecule has 0 aromatic carbocycles. The van der Waals surface area contributed by atoms with Crippen LogP contribution in [-0.2, 0) is 7.05 Å². The molecule has 0 aliphatic rings. The monoisotopic (exact) mass is 233 g/mol. The summed E-state index contributed by atoms with van der Waals surface area (Å²) in [6.45, 7) is 0. The molecule has 16 heavy (non-hydrogen) atoms. The van der Waals surface area contributed by atoms with E-state index in [9.17, 15) is 0 Å². The van der Waals surface area contributed by atoms with Crippen LogP contribution < -0.4 is 5.73 Å². The highest BCUT2D eigenvalue weighted by Gasteiger charge is 2.04. The second kappa shape index (κ2) is 4.36. The minimum absolute atomic E-state index is 0.0287. The molecule has 5 nitrogen and oxygen atoms in total. The Morgan fingerprint density at radius 2 is 2.25 bits per heavy atom. The SMILES string of the molecule is Cn1ccnc1Sc1ccc(C(=N)N)cn1. The summed E-state index contributed by atoms with van der Waals surface area (Å²) in [5, 5.41) is 8.96. The lowest BCUT2D eigenvalue weighted by Crippen LogP contribution is -2.11. The van der Waals surface area contributed by atoms with Gasteiger partial charge < -0.3 is 10.3 Å². The summed E-state index contributed by atoms with van der Waals surface area (Å²) < 4.78 is 1.92. The van der Waals surface area contributed by atoms with Gasteiger partial charge in [-0.05, 0) is 23.9 Å². The van der Waals surface area contributed by atoms with E-state index in [1.54, 1.807) is 18.5 Å². The number of nitrogen functional groups attached to an aromatic ring is 1. The molecule has 0 unspecified atom stereocenters. The molecular formula is C10H11N5S. The second-order valence-electron chi connectivity index (χ2n) is 3.22. The van der Waals surface area contributed by atoms with Gasteiger partial charge in [0.05, 0.1) is 0 Å². The summed E-state index contributed by atoms with van der Waals surface area (Å²) in [6, 6.07) is 3.61. The number of amidine groups is 1. The van der Waals surface area contributed by atoms with Gasteiger partial charge in [0.2, 0.25) is 0 Å². The highest BCUT2D eigenvalue weighted by Crippen LogP contribution is 2.23. The van der Waals surface area contributed by atoms with Gasteiger partial charge in [-0.15, -0.1) is 0 Å². The first-order valence-electron chi connectivity index (χ1n) is 4.62. The van der Waals surface area contributed by atoms with Gasteiger partial charge in [-0.3, -0.25) is 5.41 Å². The van der Waals surface area contributed by atoms with Crippen LogP contribution in [0.2, 0.25) is 0 Å². The molecule has 3 N–H and O–H groups in total. The van der Waals surface area contributed by atoms with Gasteiger partial charge in [-0.2, -0.15) is 0 Å². The quantitative estimate of drug-likeness (QED) is 0.617. The molecule has 0 bridgehead atoms. The molecule has 0 aliphatic heterocycles. The van der Waals surface area contributed by atoms with Crippen molar-refractivity contribution in [2.45, 2.75) is 10.2 Å². The van der Waals surface area contributed by atoms with E-state index in [-0.39, 0.29) is 5.84 Å². The first-order chi connectivity index (χ1) is 7.66. The molecule has 2 rings (SSSR count). The van der Waals surface area contributed by atoms with Gasteiger partial charge in [-0.25, -0.2) is 9.97 Å². The third kappa shape index (κ3) is 2.22. The molecular weight excluding hydrogens is 222 g/mol. The average molecular weight is 233 g/mol. The molecule has 82 valence electrons. The number of rotatable bonds is 3. The summed E-state index contributed by atoms with van der Waals surface area (Å²) in [4.78, 5) is 8.39. The Labute approximate surface area is 97.2 Å². The van der Waals surface area contributed by atoms with Gasteiger partial charge >= 0.3 is 0 Å². The molecule has 6 heteroatoms. The zero-order valence-corrected chi connectivity index (χ0v) is 9.53. The fourth-order valence-corrected chi connectivity index (χ4v) is 1.89. The van der Waals surface area contributed by atoms with Gasteiger partial charge in [0.25, 0.3) is 0 Å². The fraction of sp³-hybridized carbons (Fsp3) is 0.100. The first-order valence-corrected chi connectivity index (χ1v) is 5.44. The average Bonchev–Trinajstić information content (AvgIpc) is 2.65. The minimum Gasteiger partial charge on any atom is -0.384 e. The number of nitrogens with one attached hydrogen (secondary N) is 1. The predicted octanol–water partition coefficient (Wildman–Crippen LogP) is 1.25. The van der Waals surface area contributed by atoms with Crippen LogP contribution in [0.1, 0.15) is 5.56 Å². The highest BCUT2D eigenvalue weighted by molar-refractivity contribution is 7.99. The van der Waals surface area contributed by atoms with Crippen molar-refractivity contribution in [1.29, 1.82) is 5.41 Å². The predicted molar refractivity (Wildman–Crippen MR) is 62.6 cm³/mol. The number of aryl methyl sites for hydroxylation is 1. The number of nitrogens with zero attached hydrogens (tertiary/aromatic N) is 3. The van der Waals surface area contributed by atoms with Gasteiger partial charge in [0.15, 0.2) is 5.16 Å². The van der Waals surface area contributed by atoms with Crippen molar-refractivity contribution in [2.24, 2.45) is 12.8 Å². The maximum atomic E-state index is 7.25. The van der Waals surface area contributed by atoms with Crippen LogP contribution in [0.4, 0.5) is 0 Å². The second-order valence-corrected chi connectivity index (χ2v) is 4.21. The largest absolute Gasteiger partial charge is 0.384 e. The normalized spacial score (nSPS) is 10.3. The summed E-state index contributed by atoms with van der Waals surface area (Å²) in [6.07, 6.45) is 5.21. The van der Waals surface area contributed by atoms with E-state index in [0.717, 1.165) is 10.2 Å². The van der Waals surface area contributed by atoms with Crippen molar-refractivity contribution in [1.82, 2.24) is 14.5 Å². The zero-order chi connectivity index (χ0) is 11.5. The van der Waals surface area contributed by atoms with Crippen molar-refractivity contribution in [2.75, 3.05) is 0 Å². The Balaban J connectivity index is 2.17. The lowest BCUT2D eigenvalue weighted by Gasteiger charge is -2.02. The molecule has 0 spiro atoms. The standard InChI is InChI=1S/C10H11N5S/c1-15-5-4-13-10(15)16-8-3-2-7(6-14-8)9(11)12/h2-6H,1H3,(H3,11,12). The van der Waals surface area contributed by atoms with E-state index >= 15 is 0 Å². The Hall–Kier alpha value is -1.82. The molecule has 0 fully saturated rings. The van der Waals surface area contributed by atoms with Crippen LogP contribution in [-0.4, -0.2) is 20.4 Å². The lowest BCUT2D eigenvalue weighted by atomic mass is 10.3. The summed E-state index contributed by atoms with van der Waals surface area (Å²) in [5.41, 5.74) is 5.97. The molecule has 0 atom stereocenters. The lowest BCUT2D eigenvalue weighted by molar-refractivity contribution is 0.788. The van der Waals surface area contributed by atoms with Gasteiger partial charge in [-0.1, -0.05) is 0 Å². The third-order valence-electron chi connectivity index (χ3n) is 2.02. The van der Waals surface area contributed by atoms with Crippen LogP contribution in [0.25, 0.3) is 0 Å². The summed E-state index contributed by atoms with van der Waals surface area (Å²) in [7, 11) is 1.93. The number of imidazole rings is 1. The van der Waals surface area contributed by atoms with Gasteiger partial charge in [0, 0.05) is 31.2 Å². The Morgan fingerprint density at radius 3 is 2.75 bits per heavy atom. The number of aromatic nitrogens is 3. The van der Waals surface area contributed by atoms with Crippen LogP contribution in [0.5, 0.6) is 0 Å². The van der Waals surface area contributed by atoms with Gasteiger partial charge in [0.1, 0.15) is 10.9 Å². The van der Waals surface area contributed by atoms with Crippen molar-refractivity contribution >= 4 is 17.6 Å². The van der Waals surface area contributed by atoms with Crippen molar-refractivity contribution in [3.05, 3.63) is 36.3 Å². The number of hydrogen-bond acceptors (Lipinski definition) is 4. The van der Waals surface area contributed by atoms with E-state index in [1.807, 2.05) is 23.9 Å². The van der Waals surface area contributed by atoms with Crippen molar-refractivity contribution in [3.63, 3.8) is 0 Å². The Kier molecular flexibility index (Phi) is 2.91. The topological polar surface area (TPSA) is 80.6 Å². The molecule has 2 aromatic rings. The minimum atomic E-state index is 0.0287. The third-order valence-corrected chi connectivity index (χ3v) is 3.05. The van der Waals surface area contributed by atoms with Crippen LogP contribution in [0.3, 0.4) is 0 Å². The van der Waals surface area contributed by atoms with E-state index < -0.39 is 0 Å².